The van der Waals surface area contributed by atoms with Crippen LogP contribution in [-0.2, 0) is 19.5 Å². The zero-order chi connectivity index (χ0) is 27.3. The lowest BCUT2D eigenvalue weighted by Crippen LogP contribution is -2.02. The van der Waals surface area contributed by atoms with E-state index >= 15 is 0 Å². The zero-order valence-electron chi connectivity index (χ0n) is 20.2. The fraction of sp³-hybridized carbons (Fsp3) is 0.0741. The van der Waals surface area contributed by atoms with E-state index < -0.39 is 10.1 Å². The number of carbonyl (C=O) groups excluding carboxylic acids is 1. The highest BCUT2D eigenvalue weighted by Gasteiger charge is 2.19. The Kier molecular flexibility index (Phi) is 8.47. The number of aryl methyl sites for hydroxylation is 1. The number of hydrogen-bond acceptors (Lipinski definition) is 9. The molecule has 0 heterocycles. The van der Waals surface area contributed by atoms with E-state index in [1.54, 1.807) is 60.7 Å². The molecule has 9 nitrogen and oxygen atoms in total. The Morgan fingerprint density at radius 1 is 0.816 bits per heavy atom. The molecular weight excluding hydrogens is 532 g/mol. The van der Waals surface area contributed by atoms with Crippen molar-refractivity contribution in [3.8, 4) is 28.4 Å². The van der Waals surface area contributed by atoms with Crippen LogP contribution in [0.5, 0.6) is 17.2 Å². The standard InChI is InChI=1S/C27H22O9S2/c1-17-3-5-18(6-4-17)27(28)19-7-11-22(12-8-19)34-23-13-9-20(15-25(23)37-36-35-29)21-10-14-24(33-2)26(16-21)38(30,31)32/h3-16,29H,1-2H3,(H,30,31,32). The van der Waals surface area contributed by atoms with Crippen molar-refractivity contribution in [1.82, 2.24) is 0 Å². The summed E-state index contributed by atoms with van der Waals surface area (Å²) in [6.07, 6.45) is 0. The van der Waals surface area contributed by atoms with Crippen LogP contribution in [0.1, 0.15) is 21.5 Å². The summed E-state index contributed by atoms with van der Waals surface area (Å²) >= 11 is 0.655. The number of benzene rings is 4. The second-order valence-electron chi connectivity index (χ2n) is 8.05. The van der Waals surface area contributed by atoms with Crippen molar-refractivity contribution >= 4 is 27.9 Å². The summed E-state index contributed by atoms with van der Waals surface area (Å²) in [5.41, 5.74) is 3.14. The lowest BCUT2D eigenvalue weighted by Gasteiger charge is -2.13. The van der Waals surface area contributed by atoms with Crippen molar-refractivity contribution in [2.45, 2.75) is 16.7 Å². The molecule has 4 rings (SSSR count). The third-order valence-electron chi connectivity index (χ3n) is 5.53. The molecule has 38 heavy (non-hydrogen) atoms. The highest BCUT2D eigenvalue weighted by atomic mass is 32.2. The van der Waals surface area contributed by atoms with Gasteiger partial charge in [-0.25, -0.2) is 5.26 Å². The summed E-state index contributed by atoms with van der Waals surface area (Å²) in [6.45, 7) is 1.95. The molecule has 0 aromatic heterocycles. The van der Waals surface area contributed by atoms with Crippen molar-refractivity contribution < 1.29 is 41.9 Å². The van der Waals surface area contributed by atoms with Gasteiger partial charge in [0.2, 0.25) is 0 Å². The van der Waals surface area contributed by atoms with Gasteiger partial charge in [-0.3, -0.25) is 9.35 Å². The Hall–Kier alpha value is -3.71. The van der Waals surface area contributed by atoms with Crippen molar-refractivity contribution in [2.24, 2.45) is 0 Å². The maximum Gasteiger partial charge on any atom is 0.298 e. The number of hydrogen-bond donors (Lipinski definition) is 2. The summed E-state index contributed by atoms with van der Waals surface area (Å²) in [5, 5.41) is 12.4. The van der Waals surface area contributed by atoms with Gasteiger partial charge < -0.3 is 9.47 Å². The number of carbonyl (C=O) groups is 1. The Morgan fingerprint density at radius 2 is 1.39 bits per heavy atom. The Labute approximate surface area is 223 Å². The normalized spacial score (nSPS) is 11.3. The zero-order valence-corrected chi connectivity index (χ0v) is 21.8. The maximum atomic E-state index is 12.7. The minimum Gasteiger partial charge on any atom is -0.495 e. The maximum absolute atomic E-state index is 12.7. The Balaban J connectivity index is 1.61. The molecule has 0 saturated carbocycles. The molecule has 0 saturated heterocycles. The highest BCUT2D eigenvalue weighted by Crippen LogP contribution is 2.38. The average Bonchev–Trinajstić information content (AvgIpc) is 2.92. The van der Waals surface area contributed by atoms with Crippen LogP contribution in [0.3, 0.4) is 0 Å². The van der Waals surface area contributed by atoms with Crippen molar-refractivity contribution in [3.05, 3.63) is 102 Å². The van der Waals surface area contributed by atoms with Crippen molar-refractivity contribution in [3.63, 3.8) is 0 Å². The molecule has 196 valence electrons. The molecule has 4 aromatic carbocycles. The third kappa shape index (κ3) is 6.40. The van der Waals surface area contributed by atoms with E-state index in [1.165, 1.54) is 19.2 Å². The van der Waals surface area contributed by atoms with Gasteiger partial charge in [0, 0.05) is 11.1 Å². The first-order chi connectivity index (χ1) is 18.2. The summed E-state index contributed by atoms with van der Waals surface area (Å²) in [5.74, 6) is 0.640. The second-order valence-corrected chi connectivity index (χ2v) is 10.2. The van der Waals surface area contributed by atoms with E-state index in [4.69, 9.17) is 14.7 Å². The van der Waals surface area contributed by atoms with Gasteiger partial charge >= 0.3 is 0 Å². The monoisotopic (exact) mass is 554 g/mol. The van der Waals surface area contributed by atoms with Crippen LogP contribution in [0.4, 0.5) is 0 Å². The van der Waals surface area contributed by atoms with Gasteiger partial charge in [0.15, 0.2) is 5.78 Å². The van der Waals surface area contributed by atoms with Crippen LogP contribution in [0.15, 0.2) is 94.7 Å². The summed E-state index contributed by atoms with van der Waals surface area (Å²) < 4.78 is 48.7. The van der Waals surface area contributed by atoms with E-state index in [1.807, 2.05) is 19.1 Å². The van der Waals surface area contributed by atoms with Gasteiger partial charge in [0.05, 0.1) is 24.0 Å². The van der Waals surface area contributed by atoms with Gasteiger partial charge in [-0.05, 0) is 66.6 Å². The first-order valence-corrected chi connectivity index (χ1v) is 13.2. The van der Waals surface area contributed by atoms with Gasteiger partial charge in [-0.1, -0.05) is 47.0 Å². The molecule has 0 fully saturated rings. The Morgan fingerprint density at radius 3 is 1.97 bits per heavy atom. The van der Waals surface area contributed by atoms with Crippen molar-refractivity contribution in [2.75, 3.05) is 7.11 Å². The fourth-order valence-corrected chi connectivity index (χ4v) is 4.77. The molecule has 0 aliphatic rings. The van der Waals surface area contributed by atoms with Crippen molar-refractivity contribution in [1.29, 1.82) is 0 Å². The predicted octanol–water partition coefficient (Wildman–Crippen LogP) is 6.37. The SMILES string of the molecule is COc1ccc(-c2ccc(Oc3ccc(C(=O)c4ccc(C)cc4)cc3)c(SOOO)c2)cc1S(=O)(=O)O. The number of ether oxygens (including phenoxy) is 2. The molecule has 0 aliphatic heterocycles. The minimum absolute atomic E-state index is 0.00729. The van der Waals surface area contributed by atoms with E-state index in [2.05, 4.69) is 9.37 Å². The smallest absolute Gasteiger partial charge is 0.298 e. The summed E-state index contributed by atoms with van der Waals surface area (Å²) in [6, 6.07) is 23.1. The summed E-state index contributed by atoms with van der Waals surface area (Å²) in [4.78, 5) is 12.7. The number of ketones is 1. The molecule has 0 bridgehead atoms. The van der Waals surface area contributed by atoms with Gasteiger partial charge in [0.25, 0.3) is 10.1 Å². The van der Waals surface area contributed by atoms with Gasteiger partial charge in [-0.15, -0.1) is 4.33 Å². The molecule has 0 amide bonds. The minimum atomic E-state index is -4.54. The summed E-state index contributed by atoms with van der Waals surface area (Å²) in [7, 11) is -3.24. The van der Waals surface area contributed by atoms with Crippen LogP contribution in [0.25, 0.3) is 11.1 Å². The molecule has 0 aliphatic carbocycles. The molecule has 0 radical (unpaired) electrons. The van der Waals surface area contributed by atoms with Crippen LogP contribution in [0.2, 0.25) is 0 Å². The number of methoxy groups -OCH3 is 1. The quantitative estimate of drug-likeness (QED) is 0.0750. The van der Waals surface area contributed by atoms with E-state index in [9.17, 15) is 17.8 Å². The fourth-order valence-electron chi connectivity index (χ4n) is 3.62. The lowest BCUT2D eigenvalue weighted by atomic mass is 10.0. The van der Waals surface area contributed by atoms with E-state index in [0.717, 1.165) is 5.56 Å². The Bertz CT molecular complexity index is 1550. The molecular formula is C27H22O9S2. The van der Waals surface area contributed by atoms with Gasteiger partial charge in [-0.2, -0.15) is 8.42 Å². The predicted molar refractivity (Wildman–Crippen MR) is 140 cm³/mol. The first kappa shape index (κ1) is 27.3. The third-order valence-corrected chi connectivity index (χ3v) is 7.03. The number of rotatable bonds is 10. The molecule has 0 atom stereocenters. The molecule has 0 spiro atoms. The van der Waals surface area contributed by atoms with Crippen LogP contribution < -0.4 is 9.47 Å². The van der Waals surface area contributed by atoms with Crippen LogP contribution >= 0.6 is 12.0 Å². The molecule has 0 unspecified atom stereocenters. The van der Waals surface area contributed by atoms with E-state index in [0.29, 0.717) is 50.7 Å². The molecule has 2 N–H and O–H groups in total. The van der Waals surface area contributed by atoms with Crippen LogP contribution in [-0.4, -0.2) is 31.1 Å². The second kappa shape index (κ2) is 11.8. The topological polar surface area (TPSA) is 129 Å². The van der Waals surface area contributed by atoms with E-state index in [-0.39, 0.29) is 16.4 Å². The first-order valence-electron chi connectivity index (χ1n) is 11.0. The highest BCUT2D eigenvalue weighted by molar-refractivity contribution is 7.94. The van der Waals surface area contributed by atoms with Gasteiger partial charge in [0.1, 0.15) is 22.1 Å². The largest absolute Gasteiger partial charge is 0.495 e. The molecule has 11 heteroatoms. The lowest BCUT2D eigenvalue weighted by molar-refractivity contribution is -0.432. The van der Waals surface area contributed by atoms with Crippen LogP contribution in [0, 0.1) is 6.92 Å². The molecule has 4 aromatic rings. The average molecular weight is 555 g/mol.